The van der Waals surface area contributed by atoms with Gasteiger partial charge in [0.2, 0.25) is 5.91 Å². The normalized spacial score (nSPS) is 24.8. The zero-order valence-corrected chi connectivity index (χ0v) is 14.5. The Morgan fingerprint density at radius 3 is 2.71 bits per heavy atom. The van der Waals surface area contributed by atoms with Crippen LogP contribution in [0.3, 0.4) is 0 Å². The minimum Gasteiger partial charge on any atom is -0.368 e. The highest BCUT2D eigenvalue weighted by Gasteiger charge is 2.35. The maximum absolute atomic E-state index is 11.9. The molecule has 1 aliphatic heterocycles. The third-order valence-electron chi connectivity index (χ3n) is 4.79. The van der Waals surface area contributed by atoms with Crippen LogP contribution in [0.1, 0.15) is 46.5 Å². The van der Waals surface area contributed by atoms with Crippen LogP contribution in [0.2, 0.25) is 0 Å². The van der Waals surface area contributed by atoms with E-state index in [9.17, 15) is 4.79 Å². The zero-order chi connectivity index (χ0) is 16.0. The molecule has 0 radical (unpaired) electrons. The first kappa shape index (κ1) is 18.4. The van der Waals surface area contributed by atoms with Crippen LogP contribution < -0.4 is 11.1 Å². The van der Waals surface area contributed by atoms with Crippen molar-refractivity contribution >= 4 is 5.91 Å². The van der Waals surface area contributed by atoms with E-state index in [1.165, 1.54) is 12.8 Å². The summed E-state index contributed by atoms with van der Waals surface area (Å²) >= 11 is 0. The molecule has 5 nitrogen and oxygen atoms in total. The lowest BCUT2D eigenvalue weighted by atomic mass is 9.90. The van der Waals surface area contributed by atoms with Crippen molar-refractivity contribution in [3.63, 3.8) is 0 Å². The average Bonchev–Trinajstić information content (AvgIpc) is 2.45. The van der Waals surface area contributed by atoms with E-state index in [4.69, 9.17) is 5.73 Å². The van der Waals surface area contributed by atoms with Crippen LogP contribution in [-0.4, -0.2) is 67.1 Å². The van der Waals surface area contributed by atoms with Crippen LogP contribution in [0.5, 0.6) is 0 Å². The minimum atomic E-state index is -0.611. The van der Waals surface area contributed by atoms with Crippen LogP contribution in [0.4, 0.5) is 0 Å². The summed E-state index contributed by atoms with van der Waals surface area (Å²) in [7, 11) is 4.30. The maximum atomic E-state index is 11.9. The number of piperidine rings is 1. The Morgan fingerprint density at radius 2 is 2.19 bits per heavy atom. The fraction of sp³-hybridized carbons (Fsp3) is 0.938. The molecule has 1 amide bonds. The molecule has 0 bridgehead atoms. The van der Waals surface area contributed by atoms with Gasteiger partial charge in [0.05, 0.1) is 5.54 Å². The Bertz CT molecular complexity index is 334. The summed E-state index contributed by atoms with van der Waals surface area (Å²) in [5.41, 5.74) is 5.03. The lowest BCUT2D eigenvalue weighted by Crippen LogP contribution is -2.58. The second-order valence-electron chi connectivity index (χ2n) is 6.93. The van der Waals surface area contributed by atoms with Crippen LogP contribution in [0.25, 0.3) is 0 Å². The number of nitrogens with one attached hydrogen (secondary N) is 1. The van der Waals surface area contributed by atoms with Gasteiger partial charge < -0.3 is 16.0 Å². The van der Waals surface area contributed by atoms with Gasteiger partial charge >= 0.3 is 0 Å². The Balaban J connectivity index is 2.64. The summed E-state index contributed by atoms with van der Waals surface area (Å²) in [6, 6.07) is 0.972. The van der Waals surface area contributed by atoms with Gasteiger partial charge in [-0.3, -0.25) is 9.69 Å². The first-order valence-corrected chi connectivity index (χ1v) is 8.25. The van der Waals surface area contributed by atoms with Crippen molar-refractivity contribution in [3.05, 3.63) is 0 Å². The van der Waals surface area contributed by atoms with Gasteiger partial charge in [-0.1, -0.05) is 6.92 Å². The molecule has 1 fully saturated rings. The van der Waals surface area contributed by atoms with Crippen molar-refractivity contribution in [1.29, 1.82) is 0 Å². The summed E-state index contributed by atoms with van der Waals surface area (Å²) < 4.78 is 0. The molecule has 0 aromatic rings. The molecular weight excluding hydrogens is 264 g/mol. The minimum absolute atomic E-state index is 0.246. The molecule has 3 N–H and O–H groups in total. The van der Waals surface area contributed by atoms with E-state index in [2.05, 4.69) is 43.1 Å². The second-order valence-corrected chi connectivity index (χ2v) is 6.93. The van der Waals surface area contributed by atoms with E-state index >= 15 is 0 Å². The number of likely N-dealkylation sites (tertiary alicyclic amines) is 1. The summed E-state index contributed by atoms with van der Waals surface area (Å²) in [5, 5.41) is 3.34. The highest BCUT2D eigenvalue weighted by molar-refractivity contribution is 5.84. The largest absolute Gasteiger partial charge is 0.368 e. The highest BCUT2D eigenvalue weighted by Crippen LogP contribution is 2.21. The van der Waals surface area contributed by atoms with E-state index in [0.29, 0.717) is 12.1 Å². The van der Waals surface area contributed by atoms with E-state index < -0.39 is 5.54 Å². The van der Waals surface area contributed by atoms with Gasteiger partial charge in [-0.2, -0.15) is 0 Å². The third kappa shape index (κ3) is 5.24. The summed E-state index contributed by atoms with van der Waals surface area (Å²) in [5.74, 6) is -0.246. The molecular formula is C16H34N4O. The van der Waals surface area contributed by atoms with Gasteiger partial charge in [0.1, 0.15) is 0 Å². The lowest BCUT2D eigenvalue weighted by molar-refractivity contribution is -0.124. The molecule has 3 atom stereocenters. The SMILES string of the molecule is CCCNC(C)(CC(C)N1CCCC(N(C)C)C1)C(N)=O. The molecule has 21 heavy (non-hydrogen) atoms. The molecule has 0 aromatic carbocycles. The van der Waals surface area contributed by atoms with Crippen LogP contribution in [0.15, 0.2) is 0 Å². The molecule has 0 spiro atoms. The summed E-state index contributed by atoms with van der Waals surface area (Å²) in [6.45, 7) is 9.28. The molecule has 1 saturated heterocycles. The average molecular weight is 298 g/mol. The van der Waals surface area contributed by atoms with Crippen molar-refractivity contribution in [2.24, 2.45) is 5.73 Å². The van der Waals surface area contributed by atoms with Crippen molar-refractivity contribution in [2.75, 3.05) is 33.7 Å². The molecule has 1 aliphatic rings. The monoisotopic (exact) mass is 298 g/mol. The quantitative estimate of drug-likeness (QED) is 0.703. The van der Waals surface area contributed by atoms with E-state index in [1.807, 2.05) is 6.92 Å². The van der Waals surface area contributed by atoms with Gasteiger partial charge in [-0.05, 0) is 66.7 Å². The molecule has 5 heteroatoms. The molecule has 0 aromatic heterocycles. The Morgan fingerprint density at radius 1 is 1.52 bits per heavy atom. The summed E-state index contributed by atoms with van der Waals surface area (Å²) in [6.07, 6.45) is 4.26. The number of carbonyl (C=O) groups is 1. The predicted octanol–water partition coefficient (Wildman–Crippen LogP) is 1.03. The number of rotatable bonds is 8. The Labute approximate surface area is 130 Å². The van der Waals surface area contributed by atoms with Crippen LogP contribution in [-0.2, 0) is 4.79 Å². The van der Waals surface area contributed by atoms with Crippen LogP contribution >= 0.6 is 0 Å². The number of likely N-dealkylation sites (N-methyl/N-ethyl adjacent to an activating group) is 1. The standard InChI is InChI=1S/C16H34N4O/c1-6-9-18-16(3,15(17)21)11-13(2)20-10-7-8-14(12-20)19(4)5/h13-14,18H,6-12H2,1-5H3,(H2,17,21). The van der Waals surface area contributed by atoms with Gasteiger partial charge in [0.25, 0.3) is 0 Å². The lowest BCUT2D eigenvalue weighted by Gasteiger charge is -2.41. The summed E-state index contributed by atoms with van der Waals surface area (Å²) in [4.78, 5) is 16.7. The number of nitrogens with zero attached hydrogens (tertiary/aromatic N) is 2. The van der Waals surface area contributed by atoms with Crippen molar-refractivity contribution in [1.82, 2.24) is 15.1 Å². The first-order valence-electron chi connectivity index (χ1n) is 8.25. The Kier molecular flexibility index (Phi) is 7.10. The van der Waals surface area contributed by atoms with Gasteiger partial charge in [0.15, 0.2) is 0 Å². The number of hydrogen-bond donors (Lipinski definition) is 2. The third-order valence-corrected chi connectivity index (χ3v) is 4.79. The van der Waals surface area contributed by atoms with E-state index in [1.54, 1.807) is 0 Å². The predicted molar refractivity (Wildman–Crippen MR) is 88.3 cm³/mol. The van der Waals surface area contributed by atoms with Crippen molar-refractivity contribution in [3.8, 4) is 0 Å². The fourth-order valence-corrected chi connectivity index (χ4v) is 3.19. The number of nitrogens with two attached hydrogens (primary N) is 1. The van der Waals surface area contributed by atoms with E-state index in [-0.39, 0.29) is 5.91 Å². The molecule has 1 rings (SSSR count). The number of amides is 1. The highest BCUT2D eigenvalue weighted by atomic mass is 16.1. The van der Waals surface area contributed by atoms with Gasteiger partial charge in [0, 0.05) is 18.6 Å². The van der Waals surface area contributed by atoms with Crippen molar-refractivity contribution < 1.29 is 4.79 Å². The van der Waals surface area contributed by atoms with E-state index in [0.717, 1.165) is 32.5 Å². The van der Waals surface area contributed by atoms with Crippen LogP contribution in [0, 0.1) is 0 Å². The van der Waals surface area contributed by atoms with Crippen molar-refractivity contribution in [2.45, 2.75) is 64.1 Å². The first-order chi connectivity index (χ1) is 9.80. The van der Waals surface area contributed by atoms with Gasteiger partial charge in [-0.15, -0.1) is 0 Å². The van der Waals surface area contributed by atoms with Gasteiger partial charge in [-0.25, -0.2) is 0 Å². The smallest absolute Gasteiger partial charge is 0.237 e. The topological polar surface area (TPSA) is 61.6 Å². The maximum Gasteiger partial charge on any atom is 0.237 e. The molecule has 0 saturated carbocycles. The zero-order valence-electron chi connectivity index (χ0n) is 14.5. The molecule has 0 aliphatic carbocycles. The molecule has 124 valence electrons. The molecule has 3 unspecified atom stereocenters. The number of carbonyl (C=O) groups excluding carboxylic acids is 1. The number of hydrogen-bond acceptors (Lipinski definition) is 4. The second kappa shape index (κ2) is 8.11. The Hall–Kier alpha value is -0.650. The number of primary amides is 1. The fourth-order valence-electron chi connectivity index (χ4n) is 3.19. The molecule has 1 heterocycles.